The topological polar surface area (TPSA) is 137 Å². The van der Waals surface area contributed by atoms with Crippen LogP contribution in [0.4, 0.5) is 4.79 Å². The van der Waals surface area contributed by atoms with Crippen LogP contribution in [0.25, 0.3) is 0 Å². The maximum atomic E-state index is 11.4. The summed E-state index contributed by atoms with van der Waals surface area (Å²) in [6.07, 6.45) is 0.244. The zero-order chi connectivity index (χ0) is 16.6. The largest absolute Gasteiger partial charge is 0.444 e. The smallest absolute Gasteiger partial charge is 0.407 e. The van der Waals surface area contributed by atoms with Gasteiger partial charge in [-0.25, -0.2) is 4.79 Å². The van der Waals surface area contributed by atoms with Gasteiger partial charge >= 0.3 is 6.09 Å². The molecule has 122 valence electrons. The molecule has 0 aliphatic rings. The van der Waals surface area contributed by atoms with E-state index < -0.39 is 35.6 Å². The Labute approximate surface area is 124 Å². The lowest BCUT2D eigenvalue weighted by Gasteiger charge is -2.20. The molecule has 8 nitrogen and oxygen atoms in total. The van der Waals surface area contributed by atoms with Gasteiger partial charge in [-0.05, 0) is 40.5 Å². The number of hydrogen-bond donors (Lipinski definition) is 4. The van der Waals surface area contributed by atoms with Crippen molar-refractivity contribution >= 4 is 17.9 Å². The Morgan fingerprint density at radius 1 is 1.24 bits per heavy atom. The lowest BCUT2D eigenvalue weighted by Crippen LogP contribution is -2.49. The third-order valence-corrected chi connectivity index (χ3v) is 2.41. The van der Waals surface area contributed by atoms with Gasteiger partial charge in [0.05, 0.1) is 6.04 Å². The summed E-state index contributed by atoms with van der Waals surface area (Å²) in [6.45, 7) is 7.11. The van der Waals surface area contributed by atoms with Crippen LogP contribution in [0.3, 0.4) is 0 Å². The maximum absolute atomic E-state index is 11.4. The monoisotopic (exact) mass is 302 g/mol. The van der Waals surface area contributed by atoms with Crippen LogP contribution >= 0.6 is 0 Å². The fraction of sp³-hybridized carbons (Fsp3) is 0.769. The molecule has 0 rings (SSSR count). The highest BCUT2D eigenvalue weighted by atomic mass is 16.6. The van der Waals surface area contributed by atoms with Crippen molar-refractivity contribution < 1.29 is 19.1 Å². The number of nitrogens with two attached hydrogens (primary N) is 2. The molecule has 2 atom stereocenters. The van der Waals surface area contributed by atoms with E-state index in [4.69, 9.17) is 16.2 Å². The predicted octanol–water partition coefficient (Wildman–Crippen LogP) is -0.391. The van der Waals surface area contributed by atoms with E-state index in [0.29, 0.717) is 19.4 Å². The van der Waals surface area contributed by atoms with Gasteiger partial charge in [-0.3, -0.25) is 9.59 Å². The van der Waals surface area contributed by atoms with Crippen LogP contribution < -0.4 is 22.1 Å². The quantitative estimate of drug-likeness (QED) is 0.475. The number of primary amides is 1. The van der Waals surface area contributed by atoms with Crippen molar-refractivity contribution in [1.82, 2.24) is 10.6 Å². The molecule has 0 spiro atoms. The third kappa shape index (κ3) is 9.67. The number of carbonyl (C=O) groups excluding carboxylic acids is 3. The Bertz CT molecular complexity index is 377. The Balaban J connectivity index is 4.08. The van der Waals surface area contributed by atoms with Crippen LogP contribution in [0.15, 0.2) is 0 Å². The second-order valence-electron chi connectivity index (χ2n) is 5.82. The fourth-order valence-corrected chi connectivity index (χ4v) is 1.40. The summed E-state index contributed by atoms with van der Waals surface area (Å²) in [5.41, 5.74) is 10.0. The second kappa shape index (κ2) is 8.46. The number of carbonyl (C=O) groups is 3. The van der Waals surface area contributed by atoms with Gasteiger partial charge in [0, 0.05) is 6.54 Å². The molecule has 3 amide bonds. The van der Waals surface area contributed by atoms with Crippen molar-refractivity contribution in [2.24, 2.45) is 11.5 Å². The van der Waals surface area contributed by atoms with E-state index in [9.17, 15) is 14.4 Å². The van der Waals surface area contributed by atoms with Crippen LogP contribution in [0.1, 0.15) is 40.5 Å². The average molecular weight is 302 g/mol. The molecule has 0 aromatic rings. The molecule has 0 aliphatic carbocycles. The molecule has 6 N–H and O–H groups in total. The first-order chi connectivity index (χ1) is 9.53. The van der Waals surface area contributed by atoms with E-state index in [1.54, 1.807) is 20.8 Å². The Morgan fingerprint density at radius 2 is 1.81 bits per heavy atom. The maximum Gasteiger partial charge on any atom is 0.407 e. The van der Waals surface area contributed by atoms with Crippen LogP contribution in [0.2, 0.25) is 0 Å². The first-order valence-corrected chi connectivity index (χ1v) is 6.85. The van der Waals surface area contributed by atoms with E-state index in [2.05, 4.69) is 10.6 Å². The molecular formula is C13H26N4O4. The number of ether oxygens (including phenoxy) is 1. The Hall–Kier alpha value is -1.83. The van der Waals surface area contributed by atoms with Crippen molar-refractivity contribution in [2.75, 3.05) is 6.54 Å². The zero-order valence-electron chi connectivity index (χ0n) is 13.1. The number of rotatable bonds is 7. The van der Waals surface area contributed by atoms with Crippen molar-refractivity contribution in [3.05, 3.63) is 0 Å². The minimum absolute atomic E-state index is 0.309. The molecule has 21 heavy (non-hydrogen) atoms. The van der Waals surface area contributed by atoms with Gasteiger partial charge < -0.3 is 26.8 Å². The van der Waals surface area contributed by atoms with E-state index in [1.807, 2.05) is 0 Å². The Kier molecular flexibility index (Phi) is 7.72. The van der Waals surface area contributed by atoms with Gasteiger partial charge in [0.25, 0.3) is 0 Å². The molecule has 0 aromatic carbocycles. The first kappa shape index (κ1) is 19.2. The molecular weight excluding hydrogens is 276 g/mol. The molecule has 0 heterocycles. The highest BCUT2D eigenvalue weighted by Crippen LogP contribution is 2.06. The first-order valence-electron chi connectivity index (χ1n) is 6.85. The molecule has 8 heteroatoms. The summed E-state index contributed by atoms with van der Waals surface area (Å²) in [5, 5.41) is 5.02. The molecule has 0 unspecified atom stereocenters. The van der Waals surface area contributed by atoms with Crippen LogP contribution in [0, 0.1) is 0 Å². The zero-order valence-corrected chi connectivity index (χ0v) is 13.1. The van der Waals surface area contributed by atoms with E-state index in [1.165, 1.54) is 6.92 Å². The average Bonchev–Trinajstić information content (AvgIpc) is 2.29. The fourth-order valence-electron chi connectivity index (χ4n) is 1.40. The van der Waals surface area contributed by atoms with Gasteiger partial charge in [-0.1, -0.05) is 0 Å². The van der Waals surface area contributed by atoms with E-state index in [-0.39, 0.29) is 0 Å². The van der Waals surface area contributed by atoms with Gasteiger partial charge in [-0.15, -0.1) is 0 Å². The Morgan fingerprint density at radius 3 is 2.24 bits per heavy atom. The normalized spacial score (nSPS) is 14.0. The molecule has 0 radical (unpaired) electrons. The predicted molar refractivity (Wildman–Crippen MR) is 78.2 cm³/mol. The van der Waals surface area contributed by atoms with Crippen molar-refractivity contribution in [3.8, 4) is 0 Å². The summed E-state index contributed by atoms with van der Waals surface area (Å²) in [7, 11) is 0. The molecule has 0 saturated heterocycles. The lowest BCUT2D eigenvalue weighted by molar-refractivity contribution is -0.128. The van der Waals surface area contributed by atoms with Crippen LogP contribution in [0.5, 0.6) is 0 Å². The molecule has 0 aliphatic heterocycles. The van der Waals surface area contributed by atoms with Crippen LogP contribution in [-0.2, 0) is 14.3 Å². The lowest BCUT2D eigenvalue weighted by atomic mass is 10.1. The van der Waals surface area contributed by atoms with E-state index >= 15 is 0 Å². The number of nitrogens with one attached hydrogen (secondary N) is 2. The summed E-state index contributed by atoms with van der Waals surface area (Å²) >= 11 is 0. The van der Waals surface area contributed by atoms with Crippen LogP contribution in [-0.4, -0.2) is 42.1 Å². The molecule has 0 fully saturated rings. The molecule has 0 aromatic heterocycles. The van der Waals surface area contributed by atoms with Crippen molar-refractivity contribution in [1.29, 1.82) is 0 Å². The van der Waals surface area contributed by atoms with Gasteiger partial charge in [0.15, 0.2) is 0 Å². The molecule has 0 bridgehead atoms. The second-order valence-corrected chi connectivity index (χ2v) is 5.82. The van der Waals surface area contributed by atoms with Gasteiger partial charge in [0.1, 0.15) is 11.6 Å². The minimum atomic E-state index is -0.802. The summed E-state index contributed by atoms with van der Waals surface area (Å²) in [5.74, 6) is -1.08. The highest BCUT2D eigenvalue weighted by Gasteiger charge is 2.20. The highest BCUT2D eigenvalue weighted by molar-refractivity contribution is 5.88. The molecule has 0 saturated carbocycles. The number of alkyl carbamates (subject to hydrolysis) is 1. The summed E-state index contributed by atoms with van der Waals surface area (Å²) < 4.78 is 5.06. The van der Waals surface area contributed by atoms with Crippen molar-refractivity contribution in [3.63, 3.8) is 0 Å². The summed E-state index contributed by atoms with van der Waals surface area (Å²) in [6, 6.07) is -1.52. The SMILES string of the molecule is C[C@H](N)C(=O)N[C@@H](CCCNC(=O)OC(C)(C)C)C(N)=O. The number of amides is 3. The van der Waals surface area contributed by atoms with E-state index in [0.717, 1.165) is 0 Å². The number of hydrogen-bond acceptors (Lipinski definition) is 5. The standard InChI is InChI=1S/C13H26N4O4/c1-8(14)11(19)17-9(10(15)18)6-5-7-16-12(20)21-13(2,3)4/h8-9H,5-7,14H2,1-4H3,(H2,15,18)(H,16,20)(H,17,19)/t8-,9-/m0/s1. The van der Waals surface area contributed by atoms with Gasteiger partial charge in [-0.2, -0.15) is 0 Å². The third-order valence-electron chi connectivity index (χ3n) is 2.41. The van der Waals surface area contributed by atoms with Gasteiger partial charge in [0.2, 0.25) is 11.8 Å². The van der Waals surface area contributed by atoms with Crippen molar-refractivity contribution in [2.45, 2.75) is 58.2 Å². The summed E-state index contributed by atoms with van der Waals surface area (Å²) in [4.78, 5) is 34.0. The minimum Gasteiger partial charge on any atom is -0.444 e.